The van der Waals surface area contributed by atoms with Crippen LogP contribution in [0.15, 0.2) is 0 Å². The molecule has 1 unspecified atom stereocenters. The molecule has 0 spiro atoms. The van der Waals surface area contributed by atoms with Crippen LogP contribution in [0.4, 0.5) is 0 Å². The summed E-state index contributed by atoms with van der Waals surface area (Å²) in [5, 5.41) is 0. The Balaban J connectivity index is 1.96. The summed E-state index contributed by atoms with van der Waals surface area (Å²) >= 11 is 0. The lowest BCUT2D eigenvalue weighted by Crippen LogP contribution is -2.38. The quantitative estimate of drug-likeness (QED) is 0.491. The highest BCUT2D eigenvalue weighted by Gasteiger charge is 2.33. The molecule has 2 aliphatic rings. The highest BCUT2D eigenvalue weighted by Crippen LogP contribution is 2.23. The first-order valence-corrected chi connectivity index (χ1v) is 5.02. The van der Waals surface area contributed by atoms with E-state index in [1.807, 2.05) is 6.92 Å². The normalized spacial score (nSPS) is 26.9. The molecule has 2 rings (SSSR count). The third-order valence-corrected chi connectivity index (χ3v) is 2.81. The van der Waals surface area contributed by atoms with Gasteiger partial charge in [0.25, 0.3) is 0 Å². The van der Waals surface area contributed by atoms with Gasteiger partial charge >= 0.3 is 0 Å². The van der Waals surface area contributed by atoms with Crippen LogP contribution in [0.25, 0.3) is 0 Å². The van der Waals surface area contributed by atoms with Gasteiger partial charge < -0.3 is 0 Å². The molecule has 74 valence electrons. The Morgan fingerprint density at radius 2 is 2.00 bits per heavy atom. The molecule has 14 heavy (non-hydrogen) atoms. The first kappa shape index (κ1) is 9.26. The highest BCUT2D eigenvalue weighted by molar-refractivity contribution is 6.02. The maximum atomic E-state index is 11.4. The van der Waals surface area contributed by atoms with Crippen molar-refractivity contribution in [2.24, 2.45) is 5.92 Å². The van der Waals surface area contributed by atoms with E-state index in [0.717, 1.165) is 12.8 Å². The van der Waals surface area contributed by atoms with Crippen molar-refractivity contribution < 1.29 is 9.59 Å². The summed E-state index contributed by atoms with van der Waals surface area (Å²) in [5.74, 6) is 6.33. The van der Waals surface area contributed by atoms with Crippen LogP contribution in [0.2, 0.25) is 0 Å². The molecule has 0 aromatic carbocycles. The lowest BCUT2D eigenvalue weighted by molar-refractivity contribution is -0.140. The fourth-order valence-corrected chi connectivity index (χ4v) is 1.99. The van der Waals surface area contributed by atoms with E-state index >= 15 is 0 Å². The summed E-state index contributed by atoms with van der Waals surface area (Å²) in [6.45, 7) is 1.93. The molecule has 1 aliphatic carbocycles. The number of carbonyl (C=O) groups excluding carboxylic acids is 2. The second-order valence-electron chi connectivity index (χ2n) is 3.96. The molecule has 0 aromatic rings. The maximum Gasteiger partial charge on any atom is 0.229 e. The van der Waals surface area contributed by atoms with E-state index < -0.39 is 0 Å². The van der Waals surface area contributed by atoms with Gasteiger partial charge in [0.1, 0.15) is 0 Å². The van der Waals surface area contributed by atoms with Gasteiger partial charge in [-0.15, -0.1) is 5.92 Å². The van der Waals surface area contributed by atoms with Crippen LogP contribution >= 0.6 is 0 Å². The van der Waals surface area contributed by atoms with Gasteiger partial charge in [-0.3, -0.25) is 14.5 Å². The van der Waals surface area contributed by atoms with Gasteiger partial charge in [-0.05, 0) is 13.3 Å². The zero-order valence-electron chi connectivity index (χ0n) is 8.25. The molecule has 1 saturated heterocycles. The van der Waals surface area contributed by atoms with Crippen LogP contribution < -0.4 is 0 Å². The summed E-state index contributed by atoms with van der Waals surface area (Å²) < 4.78 is 0. The summed E-state index contributed by atoms with van der Waals surface area (Å²) in [6.07, 6.45) is 2.53. The second-order valence-corrected chi connectivity index (χ2v) is 3.96. The number of imide groups is 1. The minimum absolute atomic E-state index is 0.0187. The average molecular weight is 191 g/mol. The van der Waals surface area contributed by atoms with Gasteiger partial charge in [0.05, 0.1) is 0 Å². The first-order valence-electron chi connectivity index (χ1n) is 5.02. The number of hydrogen-bond donors (Lipinski definition) is 0. The van der Waals surface area contributed by atoms with Crippen LogP contribution in [0, 0.1) is 17.8 Å². The van der Waals surface area contributed by atoms with Crippen molar-refractivity contribution in [3.63, 3.8) is 0 Å². The molecule has 2 atom stereocenters. The van der Waals surface area contributed by atoms with Gasteiger partial charge in [0.15, 0.2) is 0 Å². The average Bonchev–Trinajstić information content (AvgIpc) is 2.39. The Kier molecular flexibility index (Phi) is 2.28. The molecule has 3 heteroatoms. The molecular formula is C11H13NO2. The van der Waals surface area contributed by atoms with E-state index in [4.69, 9.17) is 0 Å². The molecule has 0 saturated carbocycles. The summed E-state index contributed by atoms with van der Waals surface area (Å²) in [5.41, 5.74) is 0. The molecule has 0 N–H and O–H groups in total. The SMILES string of the molecule is CC(C[C@@H]1C#CC1)N1C(=O)CCC1=O. The van der Waals surface area contributed by atoms with Crippen molar-refractivity contribution in [3.05, 3.63) is 0 Å². The van der Waals surface area contributed by atoms with Crippen LogP contribution in [-0.4, -0.2) is 22.8 Å². The topological polar surface area (TPSA) is 37.4 Å². The number of likely N-dealkylation sites (tertiary alicyclic amines) is 1. The van der Waals surface area contributed by atoms with E-state index in [1.165, 1.54) is 4.90 Å². The molecule has 1 aliphatic heterocycles. The fraction of sp³-hybridized carbons (Fsp3) is 0.636. The largest absolute Gasteiger partial charge is 0.280 e. The Morgan fingerprint density at radius 1 is 1.43 bits per heavy atom. The standard InChI is InChI=1S/C11H13NO2/c1-8(7-9-3-2-4-9)12-10(13)5-6-11(12)14/h8-9H,3,5-7H2,1H3/t8?,9-/m0/s1. The van der Waals surface area contributed by atoms with Crippen molar-refractivity contribution >= 4 is 11.8 Å². The van der Waals surface area contributed by atoms with E-state index in [9.17, 15) is 9.59 Å². The van der Waals surface area contributed by atoms with Crippen LogP contribution in [0.3, 0.4) is 0 Å². The third kappa shape index (κ3) is 1.52. The van der Waals surface area contributed by atoms with Gasteiger partial charge in [-0.1, -0.05) is 5.92 Å². The Hall–Kier alpha value is -1.30. The van der Waals surface area contributed by atoms with Gasteiger partial charge in [0, 0.05) is 31.2 Å². The Morgan fingerprint density at radius 3 is 2.43 bits per heavy atom. The summed E-state index contributed by atoms with van der Waals surface area (Å²) in [4.78, 5) is 24.2. The Labute approximate surface area is 83.5 Å². The fourth-order valence-electron chi connectivity index (χ4n) is 1.99. The molecule has 0 aromatic heterocycles. The predicted octanol–water partition coefficient (Wildman–Crippen LogP) is 0.937. The third-order valence-electron chi connectivity index (χ3n) is 2.81. The van der Waals surface area contributed by atoms with Crippen molar-refractivity contribution in [3.8, 4) is 11.8 Å². The predicted molar refractivity (Wildman–Crippen MR) is 51.0 cm³/mol. The molecule has 3 nitrogen and oxygen atoms in total. The lowest BCUT2D eigenvalue weighted by Gasteiger charge is -2.25. The van der Waals surface area contributed by atoms with Crippen molar-refractivity contribution in [1.82, 2.24) is 4.90 Å². The van der Waals surface area contributed by atoms with Crippen molar-refractivity contribution in [2.75, 3.05) is 0 Å². The minimum atomic E-state index is -0.0187. The molecule has 1 fully saturated rings. The number of nitrogens with zero attached hydrogens (tertiary/aromatic N) is 1. The van der Waals surface area contributed by atoms with Crippen LogP contribution in [-0.2, 0) is 9.59 Å². The summed E-state index contributed by atoms with van der Waals surface area (Å²) in [7, 11) is 0. The summed E-state index contributed by atoms with van der Waals surface area (Å²) in [6, 6.07) is 0.0251. The molecule has 0 radical (unpaired) electrons. The number of amides is 2. The van der Waals surface area contributed by atoms with E-state index in [2.05, 4.69) is 11.8 Å². The monoisotopic (exact) mass is 191 g/mol. The van der Waals surface area contributed by atoms with Crippen LogP contribution in [0.1, 0.15) is 32.6 Å². The van der Waals surface area contributed by atoms with Gasteiger partial charge in [0.2, 0.25) is 11.8 Å². The minimum Gasteiger partial charge on any atom is -0.280 e. The molecule has 1 heterocycles. The Bertz CT molecular complexity index is 321. The highest BCUT2D eigenvalue weighted by atomic mass is 16.2. The number of rotatable bonds is 3. The van der Waals surface area contributed by atoms with Gasteiger partial charge in [-0.2, -0.15) is 0 Å². The first-order chi connectivity index (χ1) is 6.68. The van der Waals surface area contributed by atoms with E-state index in [0.29, 0.717) is 18.8 Å². The van der Waals surface area contributed by atoms with Crippen molar-refractivity contribution in [2.45, 2.75) is 38.6 Å². The zero-order valence-corrected chi connectivity index (χ0v) is 8.25. The van der Waals surface area contributed by atoms with Crippen molar-refractivity contribution in [1.29, 1.82) is 0 Å². The lowest BCUT2D eigenvalue weighted by atomic mass is 9.91. The molecule has 0 bridgehead atoms. The smallest absolute Gasteiger partial charge is 0.229 e. The van der Waals surface area contributed by atoms with E-state index in [1.54, 1.807) is 0 Å². The molecular weight excluding hydrogens is 178 g/mol. The van der Waals surface area contributed by atoms with Gasteiger partial charge in [-0.25, -0.2) is 0 Å². The second kappa shape index (κ2) is 3.45. The molecule has 2 amide bonds. The number of hydrogen-bond acceptors (Lipinski definition) is 2. The zero-order chi connectivity index (χ0) is 10.1. The van der Waals surface area contributed by atoms with Crippen LogP contribution in [0.5, 0.6) is 0 Å². The maximum absolute atomic E-state index is 11.4. The number of carbonyl (C=O) groups is 2. The van der Waals surface area contributed by atoms with E-state index in [-0.39, 0.29) is 17.9 Å².